The second-order valence-corrected chi connectivity index (χ2v) is 5.15. The minimum atomic E-state index is -0.482. The molecule has 3 heteroatoms. The van der Waals surface area contributed by atoms with Crippen LogP contribution in [0.5, 0.6) is 0 Å². The van der Waals surface area contributed by atoms with Crippen LogP contribution in [0.4, 0.5) is 0 Å². The van der Waals surface area contributed by atoms with E-state index in [4.69, 9.17) is 0 Å². The van der Waals surface area contributed by atoms with E-state index in [0.29, 0.717) is 5.41 Å². The summed E-state index contributed by atoms with van der Waals surface area (Å²) in [6, 6.07) is 0. The lowest BCUT2D eigenvalue weighted by atomic mass is 9.77. The van der Waals surface area contributed by atoms with Gasteiger partial charge in [-0.1, -0.05) is 13.8 Å². The fourth-order valence-corrected chi connectivity index (χ4v) is 3.25. The molecule has 1 N–H and O–H groups in total. The van der Waals surface area contributed by atoms with Crippen LogP contribution in [0.3, 0.4) is 0 Å². The zero-order valence-electron chi connectivity index (χ0n) is 8.06. The second-order valence-electron chi connectivity index (χ2n) is 3.45. The molecular formula is C9H19NOS. The Kier molecular flexibility index (Phi) is 3.72. The van der Waals surface area contributed by atoms with Gasteiger partial charge < -0.3 is 5.32 Å². The van der Waals surface area contributed by atoms with Gasteiger partial charge in [0, 0.05) is 35.4 Å². The van der Waals surface area contributed by atoms with Gasteiger partial charge in [0.1, 0.15) is 0 Å². The van der Waals surface area contributed by atoms with Crippen LogP contribution in [0.1, 0.15) is 26.7 Å². The van der Waals surface area contributed by atoms with E-state index in [0.717, 1.165) is 11.5 Å². The summed E-state index contributed by atoms with van der Waals surface area (Å²) in [5, 5.41) is 3.29. The molecule has 0 aromatic rings. The molecule has 0 amide bonds. The Hall–Kier alpha value is 0.110. The molecule has 2 saturated heterocycles. The molecule has 1 spiro atoms. The van der Waals surface area contributed by atoms with Crippen LogP contribution in [0, 0.1) is 5.41 Å². The van der Waals surface area contributed by atoms with Crippen molar-refractivity contribution in [3.63, 3.8) is 0 Å². The molecular weight excluding hydrogens is 170 g/mol. The monoisotopic (exact) mass is 189 g/mol. The molecule has 12 heavy (non-hydrogen) atoms. The topological polar surface area (TPSA) is 29.1 Å². The molecule has 0 unspecified atom stereocenters. The van der Waals surface area contributed by atoms with Crippen molar-refractivity contribution < 1.29 is 4.21 Å². The molecule has 0 bridgehead atoms. The summed E-state index contributed by atoms with van der Waals surface area (Å²) in [7, 11) is -0.482. The van der Waals surface area contributed by atoms with Crippen LogP contribution in [0.25, 0.3) is 0 Å². The highest BCUT2D eigenvalue weighted by atomic mass is 32.2. The lowest BCUT2D eigenvalue weighted by Gasteiger charge is -2.45. The van der Waals surface area contributed by atoms with Crippen molar-refractivity contribution in [1.29, 1.82) is 0 Å². The SMILES string of the molecule is CC.O=S1CCC2(CC1)CNC2. The van der Waals surface area contributed by atoms with E-state index in [1.54, 1.807) is 0 Å². The van der Waals surface area contributed by atoms with Gasteiger partial charge in [0.25, 0.3) is 0 Å². The molecule has 0 radical (unpaired) electrons. The van der Waals surface area contributed by atoms with Crippen LogP contribution < -0.4 is 5.32 Å². The summed E-state index contributed by atoms with van der Waals surface area (Å²) >= 11 is 0. The smallest absolute Gasteiger partial charge is 0.0241 e. The molecule has 0 atom stereocenters. The van der Waals surface area contributed by atoms with Crippen molar-refractivity contribution in [1.82, 2.24) is 5.32 Å². The first-order chi connectivity index (χ1) is 5.81. The zero-order valence-corrected chi connectivity index (χ0v) is 8.88. The fourth-order valence-electron chi connectivity index (χ4n) is 1.72. The van der Waals surface area contributed by atoms with Crippen molar-refractivity contribution in [2.24, 2.45) is 5.41 Å². The van der Waals surface area contributed by atoms with Crippen molar-refractivity contribution in [3.05, 3.63) is 0 Å². The predicted octanol–water partition coefficient (Wildman–Crippen LogP) is 1.14. The van der Waals surface area contributed by atoms with Gasteiger partial charge in [0.15, 0.2) is 0 Å². The minimum absolute atomic E-state index is 0.482. The summed E-state index contributed by atoms with van der Waals surface area (Å²) in [4.78, 5) is 0. The summed E-state index contributed by atoms with van der Waals surface area (Å²) < 4.78 is 11.0. The Morgan fingerprint density at radius 1 is 1.17 bits per heavy atom. The van der Waals surface area contributed by atoms with E-state index in [1.807, 2.05) is 13.8 Å². The van der Waals surface area contributed by atoms with E-state index in [9.17, 15) is 4.21 Å². The van der Waals surface area contributed by atoms with Crippen molar-refractivity contribution in [3.8, 4) is 0 Å². The molecule has 2 fully saturated rings. The number of rotatable bonds is 0. The molecule has 2 aliphatic heterocycles. The van der Waals surface area contributed by atoms with E-state index in [1.165, 1.54) is 25.9 Å². The predicted molar refractivity (Wildman–Crippen MR) is 53.8 cm³/mol. The summed E-state index contributed by atoms with van der Waals surface area (Å²) in [6.07, 6.45) is 2.37. The van der Waals surface area contributed by atoms with Crippen LogP contribution >= 0.6 is 0 Å². The van der Waals surface area contributed by atoms with E-state index in [2.05, 4.69) is 5.32 Å². The van der Waals surface area contributed by atoms with E-state index >= 15 is 0 Å². The minimum Gasteiger partial charge on any atom is -0.316 e. The fraction of sp³-hybridized carbons (Fsp3) is 1.00. The standard InChI is InChI=1S/C7H13NOS.C2H6/c9-10-3-1-7(2-4-10)5-8-6-7;1-2/h8H,1-6H2;1-2H3. The number of hydrogen-bond donors (Lipinski definition) is 1. The van der Waals surface area contributed by atoms with Crippen molar-refractivity contribution in [2.45, 2.75) is 26.7 Å². The third-order valence-corrected chi connectivity index (χ3v) is 4.04. The molecule has 2 heterocycles. The summed E-state index contributed by atoms with van der Waals surface area (Å²) in [6.45, 7) is 6.34. The highest BCUT2D eigenvalue weighted by Crippen LogP contribution is 2.34. The Bertz CT molecular complexity index is 154. The van der Waals surface area contributed by atoms with Crippen LogP contribution in [-0.4, -0.2) is 28.8 Å². The average molecular weight is 189 g/mol. The number of nitrogens with one attached hydrogen (secondary N) is 1. The number of hydrogen-bond acceptors (Lipinski definition) is 2. The van der Waals surface area contributed by atoms with Gasteiger partial charge in [-0.15, -0.1) is 0 Å². The molecule has 0 aromatic carbocycles. The quantitative estimate of drug-likeness (QED) is 0.619. The van der Waals surface area contributed by atoms with Crippen molar-refractivity contribution in [2.75, 3.05) is 24.6 Å². The van der Waals surface area contributed by atoms with Gasteiger partial charge in [-0.25, -0.2) is 0 Å². The average Bonchev–Trinajstić information content (AvgIpc) is 2.07. The summed E-state index contributed by atoms with van der Waals surface area (Å²) in [5.41, 5.74) is 0.577. The second kappa shape index (κ2) is 4.38. The lowest BCUT2D eigenvalue weighted by Crippen LogP contribution is -2.56. The molecule has 72 valence electrons. The van der Waals surface area contributed by atoms with Gasteiger partial charge >= 0.3 is 0 Å². The van der Waals surface area contributed by atoms with E-state index in [-0.39, 0.29) is 0 Å². The maximum Gasteiger partial charge on any atom is 0.0241 e. The Labute approximate surface area is 77.6 Å². The van der Waals surface area contributed by atoms with Crippen molar-refractivity contribution >= 4 is 10.8 Å². The first-order valence-corrected chi connectivity index (χ1v) is 6.35. The van der Waals surface area contributed by atoms with Crippen LogP contribution in [0.15, 0.2) is 0 Å². The van der Waals surface area contributed by atoms with Crippen LogP contribution in [-0.2, 0) is 10.8 Å². The lowest BCUT2D eigenvalue weighted by molar-refractivity contribution is 0.152. The highest BCUT2D eigenvalue weighted by molar-refractivity contribution is 7.85. The normalized spacial score (nSPS) is 27.2. The maximum absolute atomic E-state index is 11.0. The zero-order chi connectivity index (χ0) is 9.03. The third kappa shape index (κ3) is 2.07. The third-order valence-electron chi connectivity index (χ3n) is 2.72. The maximum atomic E-state index is 11.0. The molecule has 2 nitrogen and oxygen atoms in total. The molecule has 2 rings (SSSR count). The Balaban J connectivity index is 0.000000336. The molecule has 0 saturated carbocycles. The van der Waals surface area contributed by atoms with E-state index < -0.39 is 10.8 Å². The van der Waals surface area contributed by atoms with Gasteiger partial charge in [-0.3, -0.25) is 4.21 Å². The molecule has 2 aliphatic rings. The first kappa shape index (κ1) is 10.2. The van der Waals surface area contributed by atoms with Gasteiger partial charge in [-0.05, 0) is 18.3 Å². The Morgan fingerprint density at radius 2 is 1.67 bits per heavy atom. The summed E-state index contributed by atoms with van der Waals surface area (Å²) in [5.74, 6) is 1.89. The molecule has 0 aliphatic carbocycles. The van der Waals surface area contributed by atoms with Crippen LogP contribution in [0.2, 0.25) is 0 Å². The first-order valence-electron chi connectivity index (χ1n) is 4.87. The Morgan fingerprint density at radius 3 is 2.00 bits per heavy atom. The largest absolute Gasteiger partial charge is 0.316 e. The van der Waals surface area contributed by atoms with Gasteiger partial charge in [0.2, 0.25) is 0 Å². The highest BCUT2D eigenvalue weighted by Gasteiger charge is 2.39. The molecule has 0 aromatic heterocycles. The van der Waals surface area contributed by atoms with Gasteiger partial charge in [0.05, 0.1) is 0 Å². The van der Waals surface area contributed by atoms with Gasteiger partial charge in [-0.2, -0.15) is 0 Å².